The zero-order valence-electron chi connectivity index (χ0n) is 19.0. The maximum absolute atomic E-state index is 14.4. The van der Waals surface area contributed by atoms with Crippen LogP contribution in [0.15, 0.2) is 48.8 Å². The lowest BCUT2D eigenvalue weighted by molar-refractivity contribution is 0.00970. The Labute approximate surface area is 196 Å². The summed E-state index contributed by atoms with van der Waals surface area (Å²) in [4.78, 5) is 21.3. The van der Waals surface area contributed by atoms with Crippen molar-refractivity contribution in [3.8, 4) is 11.3 Å². The largest absolute Gasteiger partial charge is 0.380 e. The first-order chi connectivity index (χ1) is 16.3. The Morgan fingerprint density at radius 3 is 2.50 bits per heavy atom. The molecule has 0 saturated heterocycles. The van der Waals surface area contributed by atoms with Gasteiger partial charge < -0.3 is 10.5 Å². The minimum Gasteiger partial charge on any atom is -0.380 e. The first-order valence-electron chi connectivity index (χ1n) is 11.2. The summed E-state index contributed by atoms with van der Waals surface area (Å²) < 4.78 is 48.4. The molecule has 5 nitrogen and oxygen atoms in total. The molecule has 3 aromatic rings. The van der Waals surface area contributed by atoms with Crippen LogP contribution in [0.25, 0.3) is 11.3 Å². The van der Waals surface area contributed by atoms with E-state index < -0.39 is 34.5 Å². The summed E-state index contributed by atoms with van der Waals surface area (Å²) in [7, 11) is 1.66. The van der Waals surface area contributed by atoms with E-state index in [0.29, 0.717) is 6.42 Å². The first-order valence-corrected chi connectivity index (χ1v) is 11.2. The molecule has 4 atom stereocenters. The van der Waals surface area contributed by atoms with Gasteiger partial charge in [-0.05, 0) is 66.1 Å². The van der Waals surface area contributed by atoms with Crippen LogP contribution in [0, 0.1) is 23.4 Å². The number of ether oxygens (including phenoxy) is 1. The van der Waals surface area contributed by atoms with E-state index in [2.05, 4.69) is 16.9 Å². The van der Waals surface area contributed by atoms with Crippen LogP contribution in [0.5, 0.6) is 0 Å². The van der Waals surface area contributed by atoms with E-state index in [1.165, 1.54) is 12.1 Å². The van der Waals surface area contributed by atoms with Crippen LogP contribution >= 0.6 is 0 Å². The number of carbonyl (C=O) groups is 1. The number of rotatable bonds is 6. The Bertz CT molecular complexity index is 1170. The van der Waals surface area contributed by atoms with Gasteiger partial charge in [0.25, 0.3) is 0 Å². The Kier molecular flexibility index (Phi) is 7.09. The van der Waals surface area contributed by atoms with E-state index >= 15 is 0 Å². The van der Waals surface area contributed by atoms with Crippen molar-refractivity contribution in [1.82, 2.24) is 9.97 Å². The molecule has 1 saturated carbocycles. The molecule has 0 amide bonds. The van der Waals surface area contributed by atoms with Crippen molar-refractivity contribution in [2.45, 2.75) is 44.2 Å². The molecule has 1 aliphatic rings. The SMILES string of the molecule is CO[C@H]1[C@H](N)C[C@H](c2ccncc2CC(=O)c2ccc(F)c(-c3c(F)cccc3F)n2)C[C@@H]1C. The summed E-state index contributed by atoms with van der Waals surface area (Å²) in [5, 5.41) is 0. The number of benzene rings is 1. The second-order valence-electron chi connectivity index (χ2n) is 8.81. The monoisotopic (exact) mass is 469 g/mol. The number of nitrogens with two attached hydrogens (primary N) is 1. The average Bonchev–Trinajstić information content (AvgIpc) is 2.80. The van der Waals surface area contributed by atoms with Crippen LogP contribution in [-0.4, -0.2) is 35.0 Å². The quantitative estimate of drug-likeness (QED) is 0.523. The van der Waals surface area contributed by atoms with Gasteiger partial charge in [0, 0.05) is 32.0 Å². The van der Waals surface area contributed by atoms with Crippen LogP contribution in [0.3, 0.4) is 0 Å². The Morgan fingerprint density at radius 1 is 1.09 bits per heavy atom. The first kappa shape index (κ1) is 24.0. The lowest BCUT2D eigenvalue weighted by atomic mass is 9.73. The van der Waals surface area contributed by atoms with Gasteiger partial charge in [0.2, 0.25) is 0 Å². The van der Waals surface area contributed by atoms with Gasteiger partial charge in [-0.25, -0.2) is 18.2 Å². The molecule has 0 aliphatic heterocycles. The number of ketones is 1. The summed E-state index contributed by atoms with van der Waals surface area (Å²) in [6.45, 7) is 2.10. The van der Waals surface area contributed by atoms with Gasteiger partial charge in [0.15, 0.2) is 5.78 Å². The van der Waals surface area contributed by atoms with Crippen molar-refractivity contribution in [2.75, 3.05) is 7.11 Å². The lowest BCUT2D eigenvalue weighted by Gasteiger charge is -2.38. The van der Waals surface area contributed by atoms with Gasteiger partial charge in [-0.15, -0.1) is 0 Å². The molecular formula is C26H26F3N3O2. The highest BCUT2D eigenvalue weighted by Gasteiger charge is 2.35. The van der Waals surface area contributed by atoms with Gasteiger partial charge in [-0.2, -0.15) is 0 Å². The minimum absolute atomic E-state index is 0.0243. The van der Waals surface area contributed by atoms with E-state index in [-0.39, 0.29) is 36.1 Å². The highest BCUT2D eigenvalue weighted by Crippen LogP contribution is 2.38. The summed E-state index contributed by atoms with van der Waals surface area (Å²) in [5.74, 6) is -2.86. The van der Waals surface area contributed by atoms with Crippen LogP contribution in [0.2, 0.25) is 0 Å². The molecule has 2 heterocycles. The molecular weight excluding hydrogens is 443 g/mol. The Hall–Kier alpha value is -3.10. The zero-order valence-corrected chi connectivity index (χ0v) is 19.0. The summed E-state index contributed by atoms with van der Waals surface area (Å²) in [5.41, 5.74) is 6.82. The lowest BCUT2D eigenvalue weighted by Crippen LogP contribution is -2.45. The third-order valence-corrected chi connectivity index (χ3v) is 6.53. The zero-order chi connectivity index (χ0) is 24.4. The van der Waals surface area contributed by atoms with E-state index in [0.717, 1.165) is 35.7 Å². The number of carbonyl (C=O) groups excluding carboxylic acids is 1. The molecule has 8 heteroatoms. The van der Waals surface area contributed by atoms with Crippen molar-refractivity contribution >= 4 is 5.78 Å². The molecule has 0 radical (unpaired) electrons. The summed E-state index contributed by atoms with van der Waals surface area (Å²) >= 11 is 0. The fraction of sp³-hybridized carbons (Fsp3) is 0.346. The van der Waals surface area contributed by atoms with Crippen molar-refractivity contribution < 1.29 is 22.7 Å². The van der Waals surface area contributed by atoms with E-state index in [4.69, 9.17) is 10.5 Å². The van der Waals surface area contributed by atoms with Gasteiger partial charge in [-0.1, -0.05) is 13.0 Å². The van der Waals surface area contributed by atoms with Crippen molar-refractivity contribution in [3.63, 3.8) is 0 Å². The van der Waals surface area contributed by atoms with Gasteiger partial charge >= 0.3 is 0 Å². The summed E-state index contributed by atoms with van der Waals surface area (Å²) in [6, 6.07) is 7.18. The molecule has 1 aromatic carbocycles. The minimum atomic E-state index is -0.956. The molecule has 34 heavy (non-hydrogen) atoms. The number of methoxy groups -OCH3 is 1. The standard InChI is InChI=1S/C26H26F3N3O2/c1-14-10-15(11-21(30)26(14)34-2)17-8-9-31-13-16(17)12-23(33)22-7-6-20(29)25(32-22)24-18(27)4-3-5-19(24)28/h3-9,13-15,21,26H,10-12,30H2,1-2H3/t14-,15+,21+,26+/m0/s1. The number of nitrogens with zero attached hydrogens (tertiary/aromatic N) is 2. The van der Waals surface area contributed by atoms with Crippen LogP contribution < -0.4 is 5.73 Å². The second kappa shape index (κ2) is 10.0. The topological polar surface area (TPSA) is 78.1 Å². The maximum Gasteiger partial charge on any atom is 0.185 e. The highest BCUT2D eigenvalue weighted by atomic mass is 19.1. The van der Waals surface area contributed by atoms with E-state index in [1.54, 1.807) is 19.5 Å². The predicted molar refractivity (Wildman–Crippen MR) is 122 cm³/mol. The molecule has 4 rings (SSSR count). The molecule has 178 valence electrons. The molecule has 0 unspecified atom stereocenters. The predicted octanol–water partition coefficient (Wildman–Crippen LogP) is 4.84. The van der Waals surface area contributed by atoms with Gasteiger partial charge in [-0.3, -0.25) is 9.78 Å². The number of pyridine rings is 2. The second-order valence-corrected chi connectivity index (χ2v) is 8.81. The van der Waals surface area contributed by atoms with Crippen molar-refractivity contribution in [1.29, 1.82) is 0 Å². The van der Waals surface area contributed by atoms with Crippen molar-refractivity contribution in [3.05, 3.63) is 83.1 Å². The fourth-order valence-electron chi connectivity index (χ4n) is 4.97. The fourth-order valence-corrected chi connectivity index (χ4v) is 4.97. The van der Waals surface area contributed by atoms with Crippen LogP contribution in [-0.2, 0) is 11.2 Å². The smallest absolute Gasteiger partial charge is 0.185 e. The van der Waals surface area contributed by atoms with Crippen molar-refractivity contribution in [2.24, 2.45) is 11.7 Å². The molecule has 2 N–H and O–H groups in total. The van der Waals surface area contributed by atoms with Gasteiger partial charge in [0.05, 0.1) is 11.7 Å². The number of aromatic nitrogens is 2. The molecule has 2 aromatic heterocycles. The van der Waals surface area contributed by atoms with Crippen LogP contribution in [0.1, 0.15) is 47.3 Å². The number of hydrogen-bond donors (Lipinski definition) is 1. The number of halogens is 3. The average molecular weight is 470 g/mol. The maximum atomic E-state index is 14.4. The van der Waals surface area contributed by atoms with Crippen LogP contribution in [0.4, 0.5) is 13.2 Å². The number of Topliss-reactive ketones (excluding diaryl/α,β-unsaturated/α-hetero) is 1. The van der Waals surface area contributed by atoms with E-state index in [1.807, 2.05) is 6.07 Å². The van der Waals surface area contributed by atoms with E-state index in [9.17, 15) is 18.0 Å². The normalized spacial score (nSPS) is 22.5. The molecule has 0 bridgehead atoms. The Balaban J connectivity index is 1.62. The number of hydrogen-bond acceptors (Lipinski definition) is 5. The molecule has 1 fully saturated rings. The third-order valence-electron chi connectivity index (χ3n) is 6.53. The summed E-state index contributed by atoms with van der Waals surface area (Å²) in [6.07, 6.45) is 4.81. The molecule has 0 spiro atoms. The Morgan fingerprint density at radius 2 is 1.82 bits per heavy atom. The molecule has 1 aliphatic carbocycles. The highest BCUT2D eigenvalue weighted by molar-refractivity contribution is 5.96. The van der Waals surface area contributed by atoms with Gasteiger partial charge in [0.1, 0.15) is 28.8 Å². The third kappa shape index (κ3) is 4.74.